The Morgan fingerprint density at radius 2 is 2.06 bits per heavy atom. The van der Waals surface area contributed by atoms with E-state index in [0.29, 0.717) is 30.3 Å². The summed E-state index contributed by atoms with van der Waals surface area (Å²) < 4.78 is 5.38. The Bertz CT molecular complexity index is 1250. The average Bonchev–Trinajstić information content (AvgIpc) is 3.30. The van der Waals surface area contributed by atoms with Crippen molar-refractivity contribution in [3.8, 4) is 0 Å². The lowest BCUT2D eigenvalue weighted by Crippen LogP contribution is -2.39. The fourth-order valence-electron chi connectivity index (χ4n) is 3.49. The van der Waals surface area contributed by atoms with E-state index in [2.05, 4.69) is 21.4 Å². The van der Waals surface area contributed by atoms with Gasteiger partial charge in [-0.15, -0.1) is 0 Å². The first-order valence-corrected chi connectivity index (χ1v) is 10.5. The van der Waals surface area contributed by atoms with Crippen molar-refractivity contribution in [2.24, 2.45) is 0 Å². The van der Waals surface area contributed by atoms with Crippen molar-refractivity contribution in [3.05, 3.63) is 99.5 Å². The second-order valence-corrected chi connectivity index (χ2v) is 7.94. The molecule has 0 aliphatic heterocycles. The van der Waals surface area contributed by atoms with E-state index in [9.17, 15) is 4.79 Å². The van der Waals surface area contributed by atoms with E-state index in [-0.39, 0.29) is 5.56 Å². The molecule has 0 aliphatic rings. The van der Waals surface area contributed by atoms with Crippen molar-refractivity contribution in [2.45, 2.75) is 33.5 Å². The Morgan fingerprint density at radius 1 is 1.19 bits per heavy atom. The molecule has 1 aromatic carbocycles. The summed E-state index contributed by atoms with van der Waals surface area (Å²) in [7, 11) is 0. The molecule has 31 heavy (non-hydrogen) atoms. The maximum atomic E-state index is 12.9. The number of aryl methyl sites for hydroxylation is 2. The normalized spacial score (nSPS) is 10.9. The van der Waals surface area contributed by atoms with Crippen LogP contribution in [-0.2, 0) is 19.6 Å². The third kappa shape index (κ3) is 4.83. The topological polar surface area (TPSA) is 74.2 Å². The lowest BCUT2D eigenvalue weighted by Gasteiger charge is -2.26. The zero-order valence-corrected chi connectivity index (χ0v) is 18.3. The molecule has 0 bridgehead atoms. The van der Waals surface area contributed by atoms with Crippen molar-refractivity contribution >= 4 is 28.2 Å². The average molecular weight is 433 g/mol. The standard InChI is InChI=1S/C24H24N4O2S/c1-16-7-8-19-11-20(23(29)27-22(19)17(16)2)15-28(14-18-5-3-9-25-12-18)24(31)26-13-21-6-4-10-30-21/h3-12H,13-15H2,1-2H3,(H,26,31)(H,27,29). The fraction of sp³-hybridized carbons (Fsp3) is 0.208. The summed E-state index contributed by atoms with van der Waals surface area (Å²) in [6, 6.07) is 13.7. The monoisotopic (exact) mass is 432 g/mol. The maximum Gasteiger partial charge on any atom is 0.253 e. The molecule has 4 aromatic rings. The van der Waals surface area contributed by atoms with Gasteiger partial charge >= 0.3 is 0 Å². The molecule has 4 rings (SSSR count). The lowest BCUT2D eigenvalue weighted by molar-refractivity contribution is 0.393. The predicted molar refractivity (Wildman–Crippen MR) is 126 cm³/mol. The quantitative estimate of drug-likeness (QED) is 0.445. The van der Waals surface area contributed by atoms with Gasteiger partial charge in [-0.2, -0.15) is 0 Å². The van der Waals surface area contributed by atoms with Crippen LogP contribution < -0.4 is 10.9 Å². The van der Waals surface area contributed by atoms with Crippen molar-refractivity contribution in [1.82, 2.24) is 20.2 Å². The molecule has 0 unspecified atom stereocenters. The number of thiocarbonyl (C=S) groups is 1. The van der Waals surface area contributed by atoms with Gasteiger partial charge in [0.25, 0.3) is 5.56 Å². The van der Waals surface area contributed by atoms with Crippen molar-refractivity contribution in [2.75, 3.05) is 0 Å². The fourth-order valence-corrected chi connectivity index (χ4v) is 3.69. The molecule has 0 spiro atoms. The van der Waals surface area contributed by atoms with Gasteiger partial charge in [0.15, 0.2) is 5.11 Å². The van der Waals surface area contributed by atoms with Gasteiger partial charge in [0.05, 0.1) is 24.9 Å². The van der Waals surface area contributed by atoms with Crippen molar-refractivity contribution < 1.29 is 4.42 Å². The van der Waals surface area contributed by atoms with Gasteiger partial charge in [-0.05, 0) is 72.4 Å². The van der Waals surface area contributed by atoms with Gasteiger partial charge in [0.2, 0.25) is 0 Å². The zero-order valence-electron chi connectivity index (χ0n) is 17.5. The van der Waals surface area contributed by atoms with Crippen LogP contribution in [0, 0.1) is 13.8 Å². The van der Waals surface area contributed by atoms with Gasteiger partial charge in [0.1, 0.15) is 5.76 Å². The minimum Gasteiger partial charge on any atom is -0.467 e. The summed E-state index contributed by atoms with van der Waals surface area (Å²) in [6.45, 7) is 5.44. The highest BCUT2D eigenvalue weighted by Crippen LogP contribution is 2.20. The Kier molecular flexibility index (Phi) is 6.13. The van der Waals surface area contributed by atoms with Crippen LogP contribution in [0.5, 0.6) is 0 Å². The minimum absolute atomic E-state index is 0.105. The minimum atomic E-state index is -0.105. The number of pyridine rings is 2. The van der Waals surface area contributed by atoms with Crippen molar-refractivity contribution in [3.63, 3.8) is 0 Å². The molecule has 0 aliphatic carbocycles. The Labute approximate surface area is 185 Å². The third-order valence-corrected chi connectivity index (χ3v) is 5.77. The van der Waals surface area contributed by atoms with Crippen LogP contribution in [0.2, 0.25) is 0 Å². The number of furan rings is 1. The molecule has 6 nitrogen and oxygen atoms in total. The van der Waals surface area contributed by atoms with Crippen LogP contribution in [0.3, 0.4) is 0 Å². The van der Waals surface area contributed by atoms with E-state index in [4.69, 9.17) is 16.6 Å². The molecule has 0 amide bonds. The molecule has 2 N–H and O–H groups in total. The first kappa shape index (κ1) is 20.8. The van der Waals surface area contributed by atoms with Gasteiger partial charge in [-0.1, -0.05) is 18.2 Å². The SMILES string of the molecule is Cc1ccc2cc(CN(Cc3cccnc3)C(=S)NCc3ccco3)c(=O)[nH]c2c1C. The number of H-pyrrole nitrogens is 1. The molecule has 7 heteroatoms. The Balaban J connectivity index is 1.61. The van der Waals surface area contributed by atoms with E-state index in [1.165, 1.54) is 0 Å². The number of aromatic amines is 1. The van der Waals surface area contributed by atoms with E-state index in [0.717, 1.165) is 33.4 Å². The summed E-state index contributed by atoms with van der Waals surface area (Å²) in [4.78, 5) is 22.1. The van der Waals surface area contributed by atoms with Gasteiger partial charge in [-0.3, -0.25) is 9.78 Å². The summed E-state index contributed by atoms with van der Waals surface area (Å²) >= 11 is 5.66. The smallest absolute Gasteiger partial charge is 0.253 e. The maximum absolute atomic E-state index is 12.9. The first-order chi connectivity index (χ1) is 15.0. The number of nitrogens with zero attached hydrogens (tertiary/aromatic N) is 2. The number of rotatable bonds is 6. The molecule has 3 heterocycles. The molecule has 0 radical (unpaired) electrons. The molecular weight excluding hydrogens is 408 g/mol. The number of nitrogens with one attached hydrogen (secondary N) is 2. The van der Waals surface area contributed by atoms with Crippen LogP contribution in [0.25, 0.3) is 10.9 Å². The number of hydrogen-bond acceptors (Lipinski definition) is 4. The lowest BCUT2D eigenvalue weighted by atomic mass is 10.0. The predicted octanol–water partition coefficient (Wildman–Crippen LogP) is 4.21. The second-order valence-electron chi connectivity index (χ2n) is 7.55. The molecule has 158 valence electrons. The summed E-state index contributed by atoms with van der Waals surface area (Å²) in [5.41, 5.74) is 4.67. The highest BCUT2D eigenvalue weighted by molar-refractivity contribution is 7.80. The van der Waals surface area contributed by atoms with E-state index in [1.54, 1.807) is 18.7 Å². The van der Waals surface area contributed by atoms with Crippen LogP contribution in [0.1, 0.15) is 28.0 Å². The number of aromatic nitrogens is 2. The van der Waals surface area contributed by atoms with Gasteiger partial charge in [0, 0.05) is 24.5 Å². The molecule has 0 fully saturated rings. The molecule has 0 atom stereocenters. The Morgan fingerprint density at radius 3 is 2.81 bits per heavy atom. The highest BCUT2D eigenvalue weighted by Gasteiger charge is 2.15. The third-order valence-electron chi connectivity index (χ3n) is 5.37. The van der Waals surface area contributed by atoms with Crippen LogP contribution in [0.15, 0.2) is 70.3 Å². The zero-order chi connectivity index (χ0) is 21.8. The Hall–Kier alpha value is -3.45. The molecule has 0 saturated heterocycles. The largest absolute Gasteiger partial charge is 0.467 e. The van der Waals surface area contributed by atoms with Crippen LogP contribution in [0.4, 0.5) is 0 Å². The number of fused-ring (bicyclic) bond motifs is 1. The van der Waals surface area contributed by atoms with Gasteiger partial charge < -0.3 is 19.6 Å². The summed E-state index contributed by atoms with van der Waals surface area (Å²) in [5, 5.41) is 4.78. The van der Waals surface area contributed by atoms with Crippen LogP contribution in [-0.4, -0.2) is 20.0 Å². The highest BCUT2D eigenvalue weighted by atomic mass is 32.1. The van der Waals surface area contributed by atoms with E-state index in [1.807, 2.05) is 55.1 Å². The van der Waals surface area contributed by atoms with E-state index >= 15 is 0 Å². The van der Waals surface area contributed by atoms with Crippen LogP contribution >= 0.6 is 12.2 Å². The number of benzene rings is 1. The van der Waals surface area contributed by atoms with Crippen molar-refractivity contribution in [1.29, 1.82) is 0 Å². The summed E-state index contributed by atoms with van der Waals surface area (Å²) in [6.07, 6.45) is 5.17. The van der Waals surface area contributed by atoms with Gasteiger partial charge in [-0.25, -0.2) is 0 Å². The molecule has 0 saturated carbocycles. The second kappa shape index (κ2) is 9.14. The summed E-state index contributed by atoms with van der Waals surface area (Å²) in [5.74, 6) is 0.790. The molecular formula is C24H24N4O2S. The number of hydrogen-bond donors (Lipinski definition) is 2. The first-order valence-electron chi connectivity index (χ1n) is 10.1. The molecule has 3 aromatic heterocycles. The van der Waals surface area contributed by atoms with E-state index < -0.39 is 0 Å².